The Hall–Kier alpha value is -2.64. The molecule has 2 aliphatic heterocycles. The minimum atomic E-state index is -3.23. The van der Waals surface area contributed by atoms with Crippen LogP contribution in [-0.4, -0.2) is 57.3 Å². The number of benzene rings is 2. The molecule has 170 valence electrons. The van der Waals surface area contributed by atoms with Crippen LogP contribution in [0.25, 0.3) is 5.57 Å². The fourth-order valence-corrected chi connectivity index (χ4v) is 5.50. The van der Waals surface area contributed by atoms with E-state index in [4.69, 9.17) is 4.74 Å². The molecule has 1 saturated heterocycles. The highest BCUT2D eigenvalue weighted by Crippen LogP contribution is 2.42. The van der Waals surface area contributed by atoms with E-state index >= 15 is 0 Å². The maximum Gasteiger partial charge on any atom is 0.217 e. The molecular formula is C25H30N2O4S. The predicted molar refractivity (Wildman–Crippen MR) is 125 cm³/mol. The van der Waals surface area contributed by atoms with Crippen LogP contribution in [0, 0.1) is 0 Å². The van der Waals surface area contributed by atoms with Crippen molar-refractivity contribution in [2.75, 3.05) is 26.0 Å². The lowest BCUT2D eigenvalue weighted by atomic mass is 9.88. The summed E-state index contributed by atoms with van der Waals surface area (Å²) in [5.41, 5.74) is 3.49. The van der Waals surface area contributed by atoms with E-state index in [1.54, 1.807) is 12.1 Å². The lowest BCUT2D eigenvalue weighted by Crippen LogP contribution is -2.45. The number of sulfone groups is 1. The van der Waals surface area contributed by atoms with E-state index in [2.05, 4.69) is 10.2 Å². The summed E-state index contributed by atoms with van der Waals surface area (Å²) >= 11 is 0. The molecule has 2 aromatic carbocycles. The van der Waals surface area contributed by atoms with Crippen LogP contribution in [-0.2, 0) is 14.6 Å². The van der Waals surface area contributed by atoms with Crippen molar-refractivity contribution < 1.29 is 17.9 Å². The highest BCUT2D eigenvalue weighted by atomic mass is 32.2. The van der Waals surface area contributed by atoms with Crippen LogP contribution in [0.15, 0.2) is 65.1 Å². The van der Waals surface area contributed by atoms with E-state index in [1.165, 1.54) is 24.3 Å². The Balaban J connectivity index is 1.56. The van der Waals surface area contributed by atoms with Crippen LogP contribution < -0.4 is 10.1 Å². The van der Waals surface area contributed by atoms with Gasteiger partial charge in [-0.2, -0.15) is 0 Å². The van der Waals surface area contributed by atoms with E-state index in [1.807, 2.05) is 42.5 Å². The lowest BCUT2D eigenvalue weighted by molar-refractivity contribution is -0.118. The van der Waals surface area contributed by atoms with Crippen LogP contribution >= 0.6 is 0 Å². The highest BCUT2D eigenvalue weighted by Gasteiger charge is 2.41. The molecule has 0 aromatic heterocycles. The molecule has 2 aliphatic rings. The number of fused-ring (bicyclic) bond motifs is 2. The monoisotopic (exact) mass is 454 g/mol. The Labute approximate surface area is 190 Å². The number of carbonyl (C=O) groups is 1. The van der Waals surface area contributed by atoms with Crippen molar-refractivity contribution in [3.8, 4) is 5.75 Å². The molecule has 2 bridgehead atoms. The molecule has 2 atom stereocenters. The number of hydrogen-bond donors (Lipinski definition) is 1. The summed E-state index contributed by atoms with van der Waals surface area (Å²) in [6, 6.07) is 17.7. The van der Waals surface area contributed by atoms with Gasteiger partial charge in [0.2, 0.25) is 5.91 Å². The van der Waals surface area contributed by atoms with Crippen molar-refractivity contribution in [2.24, 2.45) is 0 Å². The molecule has 0 radical (unpaired) electrons. The second kappa shape index (κ2) is 9.46. The minimum absolute atomic E-state index is 0.0524. The molecule has 0 aliphatic carbocycles. The summed E-state index contributed by atoms with van der Waals surface area (Å²) in [7, 11) is -3.23. The largest absolute Gasteiger partial charge is 0.492 e. The van der Waals surface area contributed by atoms with Crippen LogP contribution in [0.5, 0.6) is 5.75 Å². The Morgan fingerprint density at radius 2 is 1.81 bits per heavy atom. The molecule has 1 fully saturated rings. The van der Waals surface area contributed by atoms with Gasteiger partial charge in [0, 0.05) is 38.4 Å². The van der Waals surface area contributed by atoms with Crippen LogP contribution in [0.4, 0.5) is 0 Å². The Bertz CT molecular complexity index is 1090. The summed E-state index contributed by atoms with van der Waals surface area (Å²) in [5.74, 6) is 0.820. The molecule has 6 nitrogen and oxygen atoms in total. The average molecular weight is 455 g/mol. The fourth-order valence-electron chi connectivity index (χ4n) is 4.87. The third-order valence-electron chi connectivity index (χ3n) is 6.39. The van der Waals surface area contributed by atoms with E-state index in [0.29, 0.717) is 24.1 Å². The normalized spacial score (nSPS) is 20.9. The van der Waals surface area contributed by atoms with Crippen molar-refractivity contribution in [1.29, 1.82) is 0 Å². The van der Waals surface area contributed by atoms with Crippen molar-refractivity contribution in [3.05, 3.63) is 65.7 Å². The number of hydrogen-bond acceptors (Lipinski definition) is 5. The number of rotatable bonds is 8. The standard InChI is InChI=1S/C25H30N2O4S/c1-18(28)26-17-24-23(19-8-11-22(12-9-19)32(2,29)30)16-20-10-13-25(24)27(20)14-15-31-21-6-4-3-5-7-21/h3-9,11-12,20,25H,10,13-17H2,1-2H3,(H,26,28)/t20-,25+/m0/s1. The zero-order chi connectivity index (χ0) is 22.7. The van der Waals surface area contributed by atoms with Gasteiger partial charge >= 0.3 is 0 Å². The molecule has 32 heavy (non-hydrogen) atoms. The van der Waals surface area contributed by atoms with E-state index in [9.17, 15) is 13.2 Å². The van der Waals surface area contributed by atoms with Gasteiger partial charge in [0.15, 0.2) is 9.84 Å². The summed E-state index contributed by atoms with van der Waals surface area (Å²) in [5, 5.41) is 2.99. The Morgan fingerprint density at radius 3 is 2.47 bits per heavy atom. The van der Waals surface area contributed by atoms with Crippen molar-refractivity contribution in [1.82, 2.24) is 10.2 Å². The third kappa shape index (κ3) is 5.05. The Morgan fingerprint density at radius 1 is 1.09 bits per heavy atom. The number of carbonyl (C=O) groups excluding carboxylic acids is 1. The number of nitrogens with one attached hydrogen (secondary N) is 1. The van der Waals surface area contributed by atoms with Gasteiger partial charge in [-0.25, -0.2) is 8.42 Å². The van der Waals surface area contributed by atoms with Crippen molar-refractivity contribution >= 4 is 21.3 Å². The molecule has 0 saturated carbocycles. The van der Waals surface area contributed by atoms with Crippen molar-refractivity contribution in [3.63, 3.8) is 0 Å². The van der Waals surface area contributed by atoms with Crippen LogP contribution in [0.1, 0.15) is 31.7 Å². The second-order valence-electron chi connectivity index (χ2n) is 8.56. The maximum atomic E-state index is 11.8. The molecule has 0 spiro atoms. The summed E-state index contributed by atoms with van der Waals surface area (Å²) < 4.78 is 29.6. The van der Waals surface area contributed by atoms with E-state index in [-0.39, 0.29) is 11.9 Å². The second-order valence-corrected chi connectivity index (χ2v) is 10.6. The fraction of sp³-hybridized carbons (Fsp3) is 0.400. The summed E-state index contributed by atoms with van der Waals surface area (Å²) in [4.78, 5) is 14.5. The smallest absolute Gasteiger partial charge is 0.217 e. The molecule has 2 heterocycles. The van der Waals surface area contributed by atoms with Gasteiger partial charge in [-0.1, -0.05) is 30.3 Å². The number of ether oxygens (including phenoxy) is 1. The van der Waals surface area contributed by atoms with E-state index in [0.717, 1.165) is 37.1 Å². The number of nitrogens with zero attached hydrogens (tertiary/aromatic N) is 1. The van der Waals surface area contributed by atoms with Crippen molar-refractivity contribution in [2.45, 2.75) is 43.2 Å². The molecule has 1 N–H and O–H groups in total. The molecule has 1 amide bonds. The third-order valence-corrected chi connectivity index (χ3v) is 7.52. The van der Waals surface area contributed by atoms with Gasteiger partial charge < -0.3 is 10.1 Å². The first kappa shape index (κ1) is 22.6. The summed E-state index contributed by atoms with van der Waals surface area (Å²) in [6.45, 7) is 3.48. The molecule has 0 unspecified atom stereocenters. The van der Waals surface area contributed by atoms with Crippen LogP contribution in [0.2, 0.25) is 0 Å². The van der Waals surface area contributed by atoms with Gasteiger partial charge in [-0.3, -0.25) is 9.69 Å². The average Bonchev–Trinajstić information content (AvgIpc) is 3.05. The highest BCUT2D eigenvalue weighted by molar-refractivity contribution is 7.90. The topological polar surface area (TPSA) is 75.7 Å². The zero-order valence-corrected chi connectivity index (χ0v) is 19.4. The number of para-hydroxylation sites is 1. The first-order valence-electron chi connectivity index (χ1n) is 11.0. The number of amides is 1. The molecule has 4 rings (SSSR count). The Kier molecular flexibility index (Phi) is 6.67. The molecule has 7 heteroatoms. The predicted octanol–water partition coefficient (Wildman–Crippen LogP) is 3.30. The molecule has 2 aromatic rings. The van der Waals surface area contributed by atoms with Gasteiger partial charge in [0.25, 0.3) is 0 Å². The van der Waals surface area contributed by atoms with Gasteiger partial charge in [0.1, 0.15) is 12.4 Å². The van der Waals surface area contributed by atoms with Crippen LogP contribution in [0.3, 0.4) is 0 Å². The maximum absolute atomic E-state index is 11.8. The minimum Gasteiger partial charge on any atom is -0.492 e. The quantitative estimate of drug-likeness (QED) is 0.662. The van der Waals surface area contributed by atoms with Gasteiger partial charge in [-0.05, 0) is 60.2 Å². The van der Waals surface area contributed by atoms with Gasteiger partial charge in [-0.15, -0.1) is 0 Å². The first-order valence-corrected chi connectivity index (χ1v) is 12.9. The first-order chi connectivity index (χ1) is 15.3. The zero-order valence-electron chi connectivity index (χ0n) is 18.6. The SMILES string of the molecule is CC(=O)NCC1=C(c2ccc(S(C)(=O)=O)cc2)C[C@@H]2CC[C@H]1N2CCOc1ccccc1. The molecular weight excluding hydrogens is 424 g/mol. The van der Waals surface area contributed by atoms with Gasteiger partial charge in [0.05, 0.1) is 4.90 Å². The lowest BCUT2D eigenvalue weighted by Gasteiger charge is -2.38. The van der Waals surface area contributed by atoms with E-state index < -0.39 is 9.84 Å². The summed E-state index contributed by atoms with van der Waals surface area (Å²) in [6.07, 6.45) is 4.26.